The number of nitrogens with two attached hydrogens (primary N) is 1. The Morgan fingerprint density at radius 3 is 2.65 bits per heavy atom. The van der Waals surface area contributed by atoms with Gasteiger partial charge in [-0.2, -0.15) is 11.8 Å². The van der Waals surface area contributed by atoms with E-state index in [-0.39, 0.29) is 13.0 Å². The Kier molecular flexibility index (Phi) is 5.47. The summed E-state index contributed by atoms with van der Waals surface area (Å²) in [5.41, 5.74) is 5.05. The number of hydrogen-bond donors (Lipinski definition) is 2. The second-order valence-corrected chi connectivity index (χ2v) is 4.70. The molecule has 0 heterocycles. The van der Waals surface area contributed by atoms with Crippen LogP contribution in [0.3, 0.4) is 0 Å². The number of ether oxygens (including phenoxy) is 1. The van der Waals surface area contributed by atoms with E-state index in [2.05, 4.69) is 0 Å². The summed E-state index contributed by atoms with van der Waals surface area (Å²) in [6.45, 7) is 0.206. The predicted octanol–water partition coefficient (Wildman–Crippen LogP) is 1.70. The summed E-state index contributed by atoms with van der Waals surface area (Å²) in [6.07, 6.45) is 2.19. The number of carboxylic acids is 1. The van der Waals surface area contributed by atoms with Crippen molar-refractivity contribution >= 4 is 17.7 Å². The topological polar surface area (TPSA) is 72.5 Å². The van der Waals surface area contributed by atoms with Crippen molar-refractivity contribution in [2.24, 2.45) is 5.73 Å². The summed E-state index contributed by atoms with van der Waals surface area (Å²) >= 11 is 1.54. The third-order valence-corrected chi connectivity index (χ3v) is 2.99. The van der Waals surface area contributed by atoms with Gasteiger partial charge in [-0.1, -0.05) is 30.3 Å². The van der Waals surface area contributed by atoms with Gasteiger partial charge in [-0.15, -0.1) is 0 Å². The molecule has 0 amide bonds. The van der Waals surface area contributed by atoms with Crippen molar-refractivity contribution in [1.29, 1.82) is 0 Å². The molecule has 0 aliphatic carbocycles. The Balaban J connectivity index is 2.58. The van der Waals surface area contributed by atoms with Gasteiger partial charge >= 0.3 is 5.97 Å². The number of rotatable bonds is 7. The lowest BCUT2D eigenvalue weighted by Gasteiger charge is -2.24. The van der Waals surface area contributed by atoms with Crippen LogP contribution in [-0.2, 0) is 16.1 Å². The minimum atomic E-state index is -1.60. The molecule has 5 heteroatoms. The van der Waals surface area contributed by atoms with Crippen molar-refractivity contribution in [2.75, 3.05) is 12.0 Å². The molecule has 0 saturated carbocycles. The maximum Gasteiger partial charge on any atom is 0.351 e. The van der Waals surface area contributed by atoms with Crippen molar-refractivity contribution in [3.05, 3.63) is 35.9 Å². The van der Waals surface area contributed by atoms with Gasteiger partial charge in [-0.05, 0) is 17.6 Å². The second-order valence-electron chi connectivity index (χ2n) is 3.71. The fraction of sp³-hybridized carbons (Fsp3) is 0.417. The van der Waals surface area contributed by atoms with Crippen LogP contribution in [0.5, 0.6) is 0 Å². The van der Waals surface area contributed by atoms with Gasteiger partial charge in [0, 0.05) is 6.42 Å². The first-order valence-electron chi connectivity index (χ1n) is 5.27. The van der Waals surface area contributed by atoms with Crippen molar-refractivity contribution in [3.63, 3.8) is 0 Å². The molecular formula is C12H17NO3S. The van der Waals surface area contributed by atoms with Crippen LogP contribution in [-0.4, -0.2) is 28.8 Å². The van der Waals surface area contributed by atoms with Gasteiger partial charge < -0.3 is 9.84 Å². The smallest absolute Gasteiger partial charge is 0.351 e. The monoisotopic (exact) mass is 255 g/mol. The normalized spacial score (nSPS) is 14.2. The van der Waals surface area contributed by atoms with E-state index in [9.17, 15) is 4.79 Å². The molecule has 17 heavy (non-hydrogen) atoms. The summed E-state index contributed by atoms with van der Waals surface area (Å²) in [6, 6.07) is 9.39. The summed E-state index contributed by atoms with van der Waals surface area (Å²) in [5, 5.41) is 9.08. The zero-order valence-corrected chi connectivity index (χ0v) is 10.6. The van der Waals surface area contributed by atoms with Crippen LogP contribution < -0.4 is 5.73 Å². The lowest BCUT2D eigenvalue weighted by molar-refractivity contribution is -0.167. The van der Waals surface area contributed by atoms with Crippen molar-refractivity contribution in [2.45, 2.75) is 18.8 Å². The molecule has 0 bridgehead atoms. The largest absolute Gasteiger partial charge is 0.478 e. The fourth-order valence-electron chi connectivity index (χ4n) is 1.28. The van der Waals surface area contributed by atoms with Crippen molar-refractivity contribution in [3.8, 4) is 0 Å². The number of thioether (sulfide) groups is 1. The molecule has 1 unspecified atom stereocenters. The van der Waals surface area contributed by atoms with E-state index in [1.807, 2.05) is 36.6 Å². The Labute approximate surface area is 105 Å². The highest BCUT2D eigenvalue weighted by Crippen LogP contribution is 2.15. The molecule has 4 nitrogen and oxygen atoms in total. The average Bonchev–Trinajstić information content (AvgIpc) is 2.35. The molecule has 0 radical (unpaired) electrons. The first kappa shape index (κ1) is 14.0. The van der Waals surface area contributed by atoms with Gasteiger partial charge in [0.15, 0.2) is 0 Å². The summed E-state index contributed by atoms with van der Waals surface area (Å²) < 4.78 is 5.34. The average molecular weight is 255 g/mol. The molecule has 94 valence electrons. The zero-order valence-electron chi connectivity index (χ0n) is 9.76. The van der Waals surface area contributed by atoms with E-state index in [4.69, 9.17) is 15.6 Å². The van der Waals surface area contributed by atoms with E-state index in [0.29, 0.717) is 5.75 Å². The number of carbonyl (C=O) groups is 1. The van der Waals surface area contributed by atoms with Crippen LogP contribution in [0.4, 0.5) is 0 Å². The standard InChI is InChI=1S/C12H17NO3S/c1-17-8-7-12(13,11(14)15)16-9-10-5-3-2-4-6-10/h2-6H,7-9,13H2,1H3,(H,14,15). The highest BCUT2D eigenvalue weighted by atomic mass is 32.2. The molecule has 1 rings (SSSR count). The van der Waals surface area contributed by atoms with E-state index in [1.54, 1.807) is 11.8 Å². The van der Waals surface area contributed by atoms with Crippen LogP contribution in [0.25, 0.3) is 0 Å². The third kappa shape index (κ3) is 4.38. The number of aliphatic carboxylic acids is 1. The van der Waals surface area contributed by atoms with Gasteiger partial charge in [0.1, 0.15) is 0 Å². The van der Waals surface area contributed by atoms with E-state index in [0.717, 1.165) is 5.56 Å². The van der Waals surface area contributed by atoms with E-state index < -0.39 is 11.7 Å². The Bertz CT molecular complexity index is 358. The van der Waals surface area contributed by atoms with Crippen LogP contribution in [0.2, 0.25) is 0 Å². The summed E-state index contributed by atoms with van der Waals surface area (Å²) in [4.78, 5) is 11.1. The van der Waals surface area contributed by atoms with Crippen LogP contribution in [0.1, 0.15) is 12.0 Å². The molecule has 1 aromatic carbocycles. The Morgan fingerprint density at radius 1 is 1.47 bits per heavy atom. The molecule has 0 spiro atoms. The highest BCUT2D eigenvalue weighted by molar-refractivity contribution is 7.98. The highest BCUT2D eigenvalue weighted by Gasteiger charge is 2.34. The van der Waals surface area contributed by atoms with Crippen LogP contribution in [0, 0.1) is 0 Å². The minimum Gasteiger partial charge on any atom is -0.478 e. The molecule has 0 aromatic heterocycles. The number of benzene rings is 1. The molecule has 0 aliphatic heterocycles. The number of hydrogen-bond acceptors (Lipinski definition) is 4. The molecule has 0 saturated heterocycles. The van der Waals surface area contributed by atoms with Crippen LogP contribution in [0.15, 0.2) is 30.3 Å². The van der Waals surface area contributed by atoms with Crippen molar-refractivity contribution < 1.29 is 14.6 Å². The Morgan fingerprint density at radius 2 is 2.12 bits per heavy atom. The van der Waals surface area contributed by atoms with E-state index >= 15 is 0 Å². The second kappa shape index (κ2) is 6.64. The lowest BCUT2D eigenvalue weighted by atomic mass is 10.1. The molecule has 0 fully saturated rings. The Hall–Kier alpha value is -1.04. The van der Waals surface area contributed by atoms with Gasteiger partial charge in [0.25, 0.3) is 0 Å². The van der Waals surface area contributed by atoms with E-state index in [1.165, 1.54) is 0 Å². The first-order chi connectivity index (χ1) is 8.08. The lowest BCUT2D eigenvalue weighted by Crippen LogP contribution is -2.50. The maximum absolute atomic E-state index is 11.1. The number of carboxylic acid groups (broad SMARTS) is 1. The molecule has 1 atom stereocenters. The minimum absolute atomic E-state index is 0.206. The third-order valence-electron chi connectivity index (χ3n) is 2.38. The van der Waals surface area contributed by atoms with Gasteiger partial charge in [0.2, 0.25) is 5.72 Å². The SMILES string of the molecule is CSCCC(N)(OCc1ccccc1)C(=O)O. The predicted molar refractivity (Wildman–Crippen MR) is 68.8 cm³/mol. The molecule has 0 aliphatic rings. The first-order valence-corrected chi connectivity index (χ1v) is 6.67. The van der Waals surface area contributed by atoms with Crippen LogP contribution >= 0.6 is 11.8 Å². The quantitative estimate of drug-likeness (QED) is 0.725. The molecular weight excluding hydrogens is 238 g/mol. The van der Waals surface area contributed by atoms with Gasteiger partial charge in [0.05, 0.1) is 6.61 Å². The van der Waals surface area contributed by atoms with Gasteiger partial charge in [-0.3, -0.25) is 5.73 Å². The maximum atomic E-state index is 11.1. The van der Waals surface area contributed by atoms with Crippen molar-refractivity contribution in [1.82, 2.24) is 0 Å². The molecule has 1 aromatic rings. The fourth-order valence-corrected chi connectivity index (χ4v) is 1.79. The summed E-state index contributed by atoms with van der Waals surface area (Å²) in [5.74, 6) is -0.472. The molecule has 3 N–H and O–H groups in total. The summed E-state index contributed by atoms with van der Waals surface area (Å²) in [7, 11) is 0. The van der Waals surface area contributed by atoms with Gasteiger partial charge in [-0.25, -0.2) is 4.79 Å². The zero-order chi connectivity index (χ0) is 12.7.